The zero-order chi connectivity index (χ0) is 23.4. The molecule has 1 heterocycles. The van der Waals surface area contributed by atoms with E-state index < -0.39 is 15.9 Å². The predicted molar refractivity (Wildman–Crippen MR) is 122 cm³/mol. The minimum absolute atomic E-state index is 0.0633. The molecule has 0 atom stereocenters. The van der Waals surface area contributed by atoms with Crippen LogP contribution in [-0.4, -0.2) is 41.8 Å². The van der Waals surface area contributed by atoms with E-state index in [0.717, 1.165) is 0 Å². The number of hydrogen-bond donors (Lipinski definition) is 2. The number of rotatable bonds is 7. The van der Waals surface area contributed by atoms with Gasteiger partial charge in [-0.1, -0.05) is 12.1 Å². The van der Waals surface area contributed by atoms with Crippen molar-refractivity contribution in [3.63, 3.8) is 0 Å². The highest BCUT2D eigenvalue weighted by molar-refractivity contribution is 7.92. The molecule has 0 aliphatic carbocycles. The minimum Gasteiger partial charge on any atom is -0.495 e. The maximum absolute atomic E-state index is 13.0. The standard InChI is InChI=1S/C23H22N2O7S/c1-29-19-6-4-3-5-17(19)25-33(27,28)16-8-10-20(30-2)18(14-16)24-23(26)15-7-9-21-22(13-15)32-12-11-31-21/h3-10,13-14,25H,11-12H2,1-2H3,(H,24,26). The quantitative estimate of drug-likeness (QED) is 0.543. The second kappa shape index (κ2) is 9.29. The van der Waals surface area contributed by atoms with E-state index in [9.17, 15) is 13.2 Å². The Morgan fingerprint density at radius 2 is 1.55 bits per heavy atom. The maximum Gasteiger partial charge on any atom is 0.262 e. The van der Waals surface area contributed by atoms with Crippen LogP contribution in [0.15, 0.2) is 65.6 Å². The molecule has 4 rings (SSSR count). The van der Waals surface area contributed by atoms with Crippen LogP contribution in [0.2, 0.25) is 0 Å². The van der Waals surface area contributed by atoms with Crippen LogP contribution in [0.5, 0.6) is 23.0 Å². The predicted octanol–water partition coefficient (Wildman–Crippen LogP) is 3.53. The number of carbonyl (C=O) groups is 1. The van der Waals surface area contributed by atoms with Crippen LogP contribution in [-0.2, 0) is 10.0 Å². The van der Waals surface area contributed by atoms with Crippen molar-refractivity contribution in [2.45, 2.75) is 4.90 Å². The molecule has 0 fully saturated rings. The summed E-state index contributed by atoms with van der Waals surface area (Å²) < 4.78 is 50.0. The van der Waals surface area contributed by atoms with Crippen LogP contribution < -0.4 is 29.0 Å². The Balaban J connectivity index is 1.61. The normalized spacial score (nSPS) is 12.5. The van der Waals surface area contributed by atoms with Gasteiger partial charge in [-0.2, -0.15) is 0 Å². The molecule has 3 aromatic rings. The molecule has 0 bridgehead atoms. The molecule has 0 radical (unpaired) electrons. The molecule has 10 heteroatoms. The van der Waals surface area contributed by atoms with E-state index in [2.05, 4.69) is 10.0 Å². The van der Waals surface area contributed by atoms with E-state index in [0.29, 0.717) is 41.8 Å². The van der Waals surface area contributed by atoms with Crippen LogP contribution in [0, 0.1) is 0 Å². The van der Waals surface area contributed by atoms with E-state index in [1.54, 1.807) is 42.5 Å². The number of methoxy groups -OCH3 is 2. The summed E-state index contributed by atoms with van der Waals surface area (Å²) in [7, 11) is -1.10. The van der Waals surface area contributed by atoms with E-state index in [-0.39, 0.29) is 16.3 Å². The zero-order valence-corrected chi connectivity index (χ0v) is 18.8. The number of amides is 1. The van der Waals surface area contributed by atoms with Crippen molar-refractivity contribution < 1.29 is 32.2 Å². The van der Waals surface area contributed by atoms with E-state index in [1.807, 2.05) is 0 Å². The molecular weight excluding hydrogens is 448 g/mol. The summed E-state index contributed by atoms with van der Waals surface area (Å²) in [4.78, 5) is 12.8. The molecule has 0 aromatic heterocycles. The van der Waals surface area contributed by atoms with Gasteiger partial charge in [0.2, 0.25) is 0 Å². The second-order valence-corrected chi connectivity index (χ2v) is 8.66. The molecule has 172 valence electrons. The van der Waals surface area contributed by atoms with Crippen LogP contribution in [0.1, 0.15) is 10.4 Å². The van der Waals surface area contributed by atoms with Gasteiger partial charge >= 0.3 is 0 Å². The third-order valence-electron chi connectivity index (χ3n) is 4.89. The summed E-state index contributed by atoms with van der Waals surface area (Å²) >= 11 is 0. The highest BCUT2D eigenvalue weighted by atomic mass is 32.2. The van der Waals surface area contributed by atoms with Gasteiger partial charge in [-0.25, -0.2) is 8.42 Å². The summed E-state index contributed by atoms with van der Waals surface area (Å²) in [6.07, 6.45) is 0. The van der Waals surface area contributed by atoms with E-state index in [4.69, 9.17) is 18.9 Å². The van der Waals surface area contributed by atoms with Crippen molar-refractivity contribution in [2.24, 2.45) is 0 Å². The molecular formula is C23H22N2O7S. The van der Waals surface area contributed by atoms with Gasteiger partial charge in [-0.3, -0.25) is 9.52 Å². The molecule has 0 spiro atoms. The first-order valence-corrected chi connectivity index (χ1v) is 11.4. The van der Waals surface area contributed by atoms with Crippen LogP contribution in [0.25, 0.3) is 0 Å². The first-order chi connectivity index (χ1) is 15.9. The second-order valence-electron chi connectivity index (χ2n) is 6.98. The number of carbonyl (C=O) groups excluding carboxylic acids is 1. The van der Waals surface area contributed by atoms with Crippen LogP contribution >= 0.6 is 0 Å². The SMILES string of the molecule is COc1ccc(S(=O)(=O)Nc2ccccc2OC)cc1NC(=O)c1ccc2c(c1)OCCO2. The summed E-state index contributed by atoms with van der Waals surface area (Å²) in [5, 5.41) is 2.71. The fourth-order valence-corrected chi connectivity index (χ4v) is 4.36. The van der Waals surface area contributed by atoms with Crippen LogP contribution in [0.4, 0.5) is 11.4 Å². The Labute approximate surface area is 191 Å². The Bertz CT molecular complexity index is 1290. The molecule has 1 aliphatic rings. The highest BCUT2D eigenvalue weighted by Gasteiger charge is 2.21. The topological polar surface area (TPSA) is 112 Å². The first kappa shape index (κ1) is 22.3. The maximum atomic E-state index is 13.0. The molecule has 0 saturated carbocycles. The van der Waals surface area contributed by atoms with Gasteiger partial charge in [-0.15, -0.1) is 0 Å². The van der Waals surface area contributed by atoms with Crippen molar-refractivity contribution in [3.8, 4) is 23.0 Å². The fraction of sp³-hybridized carbons (Fsp3) is 0.174. The van der Waals surface area contributed by atoms with Crippen LogP contribution in [0.3, 0.4) is 0 Å². The average molecular weight is 471 g/mol. The highest BCUT2D eigenvalue weighted by Crippen LogP contribution is 2.33. The van der Waals surface area contributed by atoms with Gasteiger partial charge in [0, 0.05) is 5.56 Å². The Morgan fingerprint density at radius 3 is 2.30 bits per heavy atom. The number of benzene rings is 3. The Hall–Kier alpha value is -3.92. The number of anilines is 2. The minimum atomic E-state index is -3.98. The average Bonchev–Trinajstić information content (AvgIpc) is 2.83. The summed E-state index contributed by atoms with van der Waals surface area (Å²) in [6.45, 7) is 0.838. The third-order valence-corrected chi connectivity index (χ3v) is 6.25. The number of nitrogens with one attached hydrogen (secondary N) is 2. The smallest absolute Gasteiger partial charge is 0.262 e. The fourth-order valence-electron chi connectivity index (χ4n) is 3.26. The lowest BCUT2D eigenvalue weighted by molar-refractivity contribution is 0.102. The van der Waals surface area contributed by atoms with Gasteiger partial charge in [0.1, 0.15) is 24.7 Å². The molecule has 9 nitrogen and oxygen atoms in total. The van der Waals surface area contributed by atoms with Crippen molar-refractivity contribution in [1.82, 2.24) is 0 Å². The Kier molecular flexibility index (Phi) is 6.27. The van der Waals surface area contributed by atoms with Gasteiger partial charge in [0.15, 0.2) is 11.5 Å². The molecule has 0 unspecified atom stereocenters. The van der Waals surface area contributed by atoms with E-state index >= 15 is 0 Å². The van der Waals surface area contributed by atoms with Gasteiger partial charge in [0.05, 0.1) is 30.5 Å². The molecule has 33 heavy (non-hydrogen) atoms. The lowest BCUT2D eigenvalue weighted by Gasteiger charge is -2.19. The largest absolute Gasteiger partial charge is 0.495 e. The molecule has 0 saturated heterocycles. The van der Waals surface area contributed by atoms with Gasteiger partial charge in [0.25, 0.3) is 15.9 Å². The van der Waals surface area contributed by atoms with Crippen molar-refractivity contribution in [2.75, 3.05) is 37.5 Å². The molecule has 2 N–H and O–H groups in total. The first-order valence-electron chi connectivity index (χ1n) is 9.96. The zero-order valence-electron chi connectivity index (χ0n) is 18.0. The molecule has 3 aromatic carbocycles. The van der Waals surface area contributed by atoms with Crippen molar-refractivity contribution >= 4 is 27.3 Å². The molecule has 1 amide bonds. The summed E-state index contributed by atoms with van der Waals surface area (Å²) in [5.74, 6) is 1.25. The number of hydrogen-bond acceptors (Lipinski definition) is 7. The molecule has 1 aliphatic heterocycles. The number of fused-ring (bicyclic) bond motifs is 1. The lowest BCUT2D eigenvalue weighted by Crippen LogP contribution is -2.18. The Morgan fingerprint density at radius 1 is 0.848 bits per heavy atom. The number of ether oxygens (including phenoxy) is 4. The monoisotopic (exact) mass is 470 g/mol. The summed E-state index contributed by atoms with van der Waals surface area (Å²) in [5.41, 5.74) is 0.805. The van der Waals surface area contributed by atoms with Crippen molar-refractivity contribution in [3.05, 3.63) is 66.2 Å². The number of para-hydroxylation sites is 2. The number of sulfonamides is 1. The van der Waals surface area contributed by atoms with Gasteiger partial charge < -0.3 is 24.3 Å². The third kappa shape index (κ3) is 4.80. The van der Waals surface area contributed by atoms with Crippen molar-refractivity contribution in [1.29, 1.82) is 0 Å². The van der Waals surface area contributed by atoms with E-state index in [1.165, 1.54) is 32.4 Å². The lowest BCUT2D eigenvalue weighted by atomic mass is 10.1. The summed E-state index contributed by atoms with van der Waals surface area (Å²) in [6, 6.07) is 15.6. The van der Waals surface area contributed by atoms with Gasteiger partial charge in [-0.05, 0) is 48.5 Å².